The first-order chi connectivity index (χ1) is 19.8. The largest absolute Gasteiger partial charge is 0.543 e. The maximum absolute atomic E-state index is 13.2. The molecule has 0 unspecified atom stereocenters. The first kappa shape index (κ1) is 29.0. The number of carbonyl (C=O) groups excluding carboxylic acids is 3. The van der Waals surface area contributed by atoms with Crippen LogP contribution in [0.3, 0.4) is 0 Å². The van der Waals surface area contributed by atoms with Gasteiger partial charge in [-0.1, -0.05) is 16.9 Å². The molecular formula is C24H24N8O5S4. The van der Waals surface area contributed by atoms with Crippen LogP contribution in [0.4, 0.5) is 5.13 Å². The van der Waals surface area contributed by atoms with Gasteiger partial charge >= 0.3 is 0 Å². The maximum atomic E-state index is 13.2. The monoisotopic (exact) mass is 632 g/mol. The molecule has 1 saturated heterocycles. The number of oxime groups is 1. The fourth-order valence-corrected chi connectivity index (χ4v) is 8.03. The number of carboxylic acids is 1. The van der Waals surface area contributed by atoms with Gasteiger partial charge in [0.2, 0.25) is 16.7 Å². The minimum atomic E-state index is -1.47. The van der Waals surface area contributed by atoms with Gasteiger partial charge in [-0.3, -0.25) is 14.5 Å². The number of aryl methyl sites for hydroxylation is 1. The minimum Gasteiger partial charge on any atom is -0.543 e. The number of nitrogens with zero attached hydrogens (tertiary/aromatic N) is 6. The van der Waals surface area contributed by atoms with Crippen LogP contribution in [0.5, 0.6) is 0 Å². The highest BCUT2D eigenvalue weighted by molar-refractivity contribution is 8.07. The van der Waals surface area contributed by atoms with Gasteiger partial charge in [0.05, 0.1) is 17.4 Å². The van der Waals surface area contributed by atoms with Crippen LogP contribution < -0.4 is 20.3 Å². The Morgan fingerprint density at radius 1 is 1.29 bits per heavy atom. The molecule has 13 nitrogen and oxygen atoms in total. The van der Waals surface area contributed by atoms with Crippen molar-refractivity contribution in [2.24, 2.45) is 12.2 Å². The number of fused-ring (bicyclic) bond motifs is 1. The van der Waals surface area contributed by atoms with E-state index in [4.69, 9.17) is 4.84 Å². The van der Waals surface area contributed by atoms with E-state index in [1.807, 2.05) is 48.4 Å². The average Bonchev–Trinajstić information content (AvgIpc) is 3.62. The fraction of sp³-hybridized carbons (Fsp3) is 0.333. The molecule has 0 aliphatic carbocycles. The molecular weight excluding hydrogens is 609 g/mol. The van der Waals surface area contributed by atoms with Crippen LogP contribution >= 0.6 is 46.4 Å². The minimum absolute atomic E-state index is 0.0537. The van der Waals surface area contributed by atoms with Gasteiger partial charge in [-0.05, 0) is 13.8 Å². The van der Waals surface area contributed by atoms with Crippen LogP contribution in [0.25, 0.3) is 11.3 Å². The number of nitrogens with one attached hydrogen (secondary N) is 2. The van der Waals surface area contributed by atoms with Gasteiger partial charge in [-0.15, -0.1) is 23.1 Å². The second-order valence-electron chi connectivity index (χ2n) is 8.58. The number of pyridine rings is 1. The van der Waals surface area contributed by atoms with Gasteiger partial charge in [0, 0.05) is 51.8 Å². The summed E-state index contributed by atoms with van der Waals surface area (Å²) >= 11 is 4.98. The Kier molecular flexibility index (Phi) is 8.86. The molecule has 2 N–H and O–H groups in total. The van der Waals surface area contributed by atoms with Crippen LogP contribution in [-0.4, -0.2) is 73.1 Å². The van der Waals surface area contributed by atoms with E-state index in [0.717, 1.165) is 27.7 Å². The number of thiazole rings is 1. The Labute approximate surface area is 251 Å². The first-order valence-corrected chi connectivity index (χ1v) is 15.9. The zero-order valence-electron chi connectivity index (χ0n) is 22.0. The summed E-state index contributed by atoms with van der Waals surface area (Å²) in [6, 6.07) is 2.91. The van der Waals surface area contributed by atoms with Gasteiger partial charge in [-0.2, -0.15) is 9.36 Å². The van der Waals surface area contributed by atoms with Crippen molar-refractivity contribution >= 4 is 75.0 Å². The molecule has 3 aromatic rings. The van der Waals surface area contributed by atoms with E-state index < -0.39 is 29.2 Å². The molecule has 0 radical (unpaired) electrons. The van der Waals surface area contributed by atoms with E-state index >= 15 is 0 Å². The number of carbonyl (C=O) groups is 3. The number of aliphatic carboxylic acids is 1. The van der Waals surface area contributed by atoms with Gasteiger partial charge in [0.15, 0.2) is 16.7 Å². The summed E-state index contributed by atoms with van der Waals surface area (Å²) < 4.78 is 6.72. The highest BCUT2D eigenvalue weighted by atomic mass is 32.2. The maximum Gasteiger partial charge on any atom is 0.278 e. The van der Waals surface area contributed by atoms with Crippen molar-refractivity contribution in [2.45, 2.75) is 29.6 Å². The molecule has 2 aliphatic heterocycles. The van der Waals surface area contributed by atoms with Gasteiger partial charge < -0.3 is 25.4 Å². The standard InChI is InChI=1S/C24H24N8O5S4/c1-4-25-23-28-18(30-41-23)15(29-37-5-2)19(33)27-16-20(34)32-17(22(35)36)14(11-38-21(16)32)40-24-26-13(10-39-24)12-6-8-31(3)9-7-12/h6-10,16,21H,4-5,11H2,1-3H3,(H2-,25,27,28,30,33,35,36)/t16-,21-/m1/s1. The molecule has 214 valence electrons. The Hall–Kier alpha value is -3.54. The van der Waals surface area contributed by atoms with Crippen LogP contribution in [0, 0.1) is 0 Å². The van der Waals surface area contributed by atoms with Crippen LogP contribution in [0.2, 0.25) is 0 Å². The smallest absolute Gasteiger partial charge is 0.278 e. The molecule has 0 aromatic carbocycles. The van der Waals surface area contributed by atoms with Crippen LogP contribution in [-0.2, 0) is 26.3 Å². The number of anilines is 1. The summed E-state index contributed by atoms with van der Waals surface area (Å²) in [5, 5.41) is 23.5. The lowest BCUT2D eigenvalue weighted by Gasteiger charge is -2.50. The van der Waals surface area contributed by atoms with Crippen molar-refractivity contribution < 1.29 is 28.9 Å². The van der Waals surface area contributed by atoms with E-state index in [2.05, 4.69) is 30.1 Å². The number of hydrogen-bond acceptors (Lipinski definition) is 14. The normalized spacial score (nSPS) is 18.6. The third-order valence-corrected chi connectivity index (χ3v) is 10.0. The number of amides is 2. The van der Waals surface area contributed by atoms with Crippen molar-refractivity contribution in [3.8, 4) is 11.3 Å². The topological polar surface area (TPSA) is 166 Å². The summed E-state index contributed by atoms with van der Waals surface area (Å²) in [5.41, 5.74) is 1.32. The Bertz CT molecular complexity index is 1540. The van der Waals surface area contributed by atoms with Crippen molar-refractivity contribution in [1.29, 1.82) is 0 Å². The Morgan fingerprint density at radius 2 is 2.07 bits per heavy atom. The second kappa shape index (κ2) is 12.5. The zero-order chi connectivity index (χ0) is 29.1. The molecule has 2 atom stereocenters. The molecule has 0 spiro atoms. The summed E-state index contributed by atoms with van der Waals surface area (Å²) in [5.74, 6) is -2.39. The van der Waals surface area contributed by atoms with Crippen LogP contribution in [0.15, 0.2) is 50.0 Å². The van der Waals surface area contributed by atoms with E-state index in [9.17, 15) is 19.5 Å². The SMILES string of the molecule is CCNc1nc(C(=NOCC)C(=O)N[C@@H]2C(=O)N3C(C(=O)[O-])=C(Sc4nc(-c5cc[n+](C)cc5)cs4)CS[C@H]23)ns1. The Balaban J connectivity index is 1.31. The number of aromatic nitrogens is 4. The van der Waals surface area contributed by atoms with Gasteiger partial charge in [0.1, 0.15) is 25.1 Å². The molecule has 1 fully saturated rings. The van der Waals surface area contributed by atoms with Crippen molar-refractivity contribution in [3.63, 3.8) is 0 Å². The molecule has 0 saturated carbocycles. The molecule has 0 bridgehead atoms. The molecule has 5 heterocycles. The lowest BCUT2D eigenvalue weighted by atomic mass is 10.0. The van der Waals surface area contributed by atoms with Crippen LogP contribution in [0.1, 0.15) is 19.7 Å². The molecule has 5 rings (SSSR count). The summed E-state index contributed by atoms with van der Waals surface area (Å²) in [4.78, 5) is 54.1. The highest BCUT2D eigenvalue weighted by Gasteiger charge is 2.53. The fourth-order valence-electron chi connectivity index (χ4n) is 3.94. The average molecular weight is 633 g/mol. The summed E-state index contributed by atoms with van der Waals surface area (Å²) in [6.45, 7) is 4.44. The lowest BCUT2D eigenvalue weighted by molar-refractivity contribution is -0.671. The summed E-state index contributed by atoms with van der Waals surface area (Å²) in [7, 11) is 1.92. The van der Waals surface area contributed by atoms with E-state index in [1.54, 1.807) is 6.92 Å². The van der Waals surface area contributed by atoms with Crippen molar-refractivity contribution in [3.05, 3.63) is 46.3 Å². The second-order valence-corrected chi connectivity index (χ2v) is 12.6. The molecule has 2 amide bonds. The highest BCUT2D eigenvalue weighted by Crippen LogP contribution is 2.45. The third kappa shape index (κ3) is 6.07. The molecule has 17 heteroatoms. The quantitative estimate of drug-likeness (QED) is 0.133. The predicted octanol–water partition coefficient (Wildman–Crippen LogP) is 0.812. The lowest BCUT2D eigenvalue weighted by Crippen LogP contribution is -2.71. The number of rotatable bonds is 11. The summed E-state index contributed by atoms with van der Waals surface area (Å²) in [6.07, 6.45) is 3.83. The first-order valence-electron chi connectivity index (χ1n) is 12.4. The third-order valence-electron chi connectivity index (χ3n) is 5.85. The number of β-lactam (4-membered cyclic amide) rings is 1. The zero-order valence-corrected chi connectivity index (χ0v) is 25.3. The molecule has 41 heavy (non-hydrogen) atoms. The van der Waals surface area contributed by atoms with Crippen molar-refractivity contribution in [2.75, 3.05) is 24.2 Å². The molecule has 2 aliphatic rings. The van der Waals surface area contributed by atoms with Gasteiger partial charge in [0.25, 0.3) is 11.8 Å². The number of hydrogen-bond donors (Lipinski definition) is 2. The number of thioether (sulfide) groups is 2. The van der Waals surface area contributed by atoms with Crippen molar-refractivity contribution in [1.82, 2.24) is 24.6 Å². The number of carboxylic acid groups (broad SMARTS) is 1. The predicted molar refractivity (Wildman–Crippen MR) is 154 cm³/mol. The van der Waals surface area contributed by atoms with E-state index in [1.165, 1.54) is 34.9 Å². The van der Waals surface area contributed by atoms with E-state index in [0.29, 0.717) is 26.7 Å². The Morgan fingerprint density at radius 3 is 2.78 bits per heavy atom. The van der Waals surface area contributed by atoms with E-state index in [-0.39, 0.29) is 23.8 Å². The molecule has 3 aromatic heterocycles. The van der Waals surface area contributed by atoms with Gasteiger partial charge in [-0.25, -0.2) is 9.55 Å².